The van der Waals surface area contributed by atoms with Crippen LogP contribution in [0, 0.1) is 0 Å². The van der Waals surface area contributed by atoms with E-state index in [1.165, 1.54) is 66.5 Å². The smallest absolute Gasteiger partial charge is 0.113 e. The Morgan fingerprint density at radius 3 is 1.59 bits per heavy atom. The van der Waals surface area contributed by atoms with Crippen LogP contribution in [0.2, 0.25) is 0 Å². The Bertz CT molecular complexity index is 2520. The molecule has 44 heavy (non-hydrogen) atoms. The average Bonchev–Trinajstić information content (AvgIpc) is 3.78. The number of hydrogen-bond acceptors (Lipinski definition) is 3. The monoisotopic (exact) mass is 584 g/mol. The van der Waals surface area contributed by atoms with Gasteiger partial charge in [-0.25, -0.2) is 0 Å². The quantitative estimate of drug-likeness (QED) is 0.202. The summed E-state index contributed by atoms with van der Waals surface area (Å²) in [6.45, 7) is 3.98. The highest BCUT2D eigenvalue weighted by Gasteiger charge is 2.18. The Labute approximate surface area is 258 Å². The van der Waals surface area contributed by atoms with Crippen LogP contribution in [0.15, 0.2) is 127 Å². The summed E-state index contributed by atoms with van der Waals surface area (Å²) in [4.78, 5) is 0. The topological polar surface area (TPSA) is 35.6 Å². The molecule has 0 fully saturated rings. The summed E-state index contributed by atoms with van der Waals surface area (Å²) in [6, 6.07) is 46.2. The lowest BCUT2D eigenvalue weighted by atomic mass is 9.96. The van der Waals surface area contributed by atoms with E-state index in [9.17, 15) is 0 Å². The molecule has 3 aromatic heterocycles. The molecule has 0 saturated carbocycles. The fraction of sp³-hybridized carbons (Fsp3) is 0.0769. The van der Waals surface area contributed by atoms with Gasteiger partial charge < -0.3 is 9.13 Å². The minimum atomic E-state index is 0.834. The van der Waals surface area contributed by atoms with E-state index in [4.69, 9.17) is 8.75 Å². The van der Waals surface area contributed by atoms with Crippen LogP contribution in [0.4, 0.5) is 0 Å². The molecule has 9 rings (SSSR count). The number of fused-ring (bicyclic) bond motifs is 7. The minimum absolute atomic E-state index is 0.834. The lowest BCUT2D eigenvalue weighted by Gasteiger charge is -2.10. The molecule has 0 radical (unpaired) electrons. The molecule has 0 bridgehead atoms. The normalized spacial score (nSPS) is 11.9. The van der Waals surface area contributed by atoms with Crippen molar-refractivity contribution in [2.24, 2.45) is 0 Å². The molecular weight excluding hydrogens is 557 g/mol. The van der Waals surface area contributed by atoms with E-state index < -0.39 is 0 Å². The van der Waals surface area contributed by atoms with Gasteiger partial charge in [0, 0.05) is 67.8 Å². The molecule has 0 unspecified atom stereocenters. The Hall–Kier alpha value is -5.26. The van der Waals surface area contributed by atoms with Crippen molar-refractivity contribution in [1.29, 1.82) is 0 Å². The van der Waals surface area contributed by atoms with Crippen LogP contribution >= 0.6 is 11.7 Å². The van der Waals surface area contributed by atoms with Crippen molar-refractivity contribution in [2.75, 3.05) is 0 Å². The molecule has 210 valence electrons. The molecule has 0 aliphatic heterocycles. The largest absolute Gasteiger partial charge is 0.341 e. The van der Waals surface area contributed by atoms with Gasteiger partial charge in [-0.3, -0.25) is 0 Å². The van der Waals surface area contributed by atoms with Gasteiger partial charge in [0.15, 0.2) is 0 Å². The van der Waals surface area contributed by atoms with Gasteiger partial charge in [0.1, 0.15) is 11.0 Å². The molecule has 0 aliphatic carbocycles. The predicted molar refractivity (Wildman–Crippen MR) is 186 cm³/mol. The van der Waals surface area contributed by atoms with Crippen LogP contribution in [0.25, 0.3) is 76.9 Å². The maximum Gasteiger partial charge on any atom is 0.113 e. The first-order chi connectivity index (χ1) is 21.8. The second kappa shape index (κ2) is 9.90. The first-order valence-corrected chi connectivity index (χ1v) is 15.8. The van der Waals surface area contributed by atoms with E-state index >= 15 is 0 Å². The Balaban J connectivity index is 1.19. The summed E-state index contributed by atoms with van der Waals surface area (Å²) in [5.74, 6) is 0. The molecule has 0 spiro atoms. The zero-order chi connectivity index (χ0) is 29.2. The van der Waals surface area contributed by atoms with Crippen molar-refractivity contribution in [2.45, 2.75) is 20.0 Å². The molecule has 9 aromatic rings. The van der Waals surface area contributed by atoms with Crippen LogP contribution in [0.3, 0.4) is 0 Å². The summed E-state index contributed by atoms with van der Waals surface area (Å²) in [5, 5.41) is 5.09. The van der Waals surface area contributed by atoms with Gasteiger partial charge >= 0.3 is 0 Å². The maximum absolute atomic E-state index is 4.84. The lowest BCUT2D eigenvalue weighted by Crippen LogP contribution is -1.98. The van der Waals surface area contributed by atoms with Gasteiger partial charge in [-0.1, -0.05) is 91.0 Å². The van der Waals surface area contributed by atoms with Crippen molar-refractivity contribution in [3.8, 4) is 22.3 Å². The van der Waals surface area contributed by atoms with Crippen LogP contribution in [0.1, 0.15) is 12.5 Å². The van der Waals surface area contributed by atoms with Crippen molar-refractivity contribution in [3.05, 3.63) is 133 Å². The van der Waals surface area contributed by atoms with Crippen molar-refractivity contribution >= 4 is 66.4 Å². The van der Waals surface area contributed by atoms with E-state index in [2.05, 4.69) is 143 Å². The van der Waals surface area contributed by atoms with Gasteiger partial charge in [0.05, 0.1) is 11.7 Å². The number of aromatic nitrogens is 4. The number of benzene rings is 6. The number of para-hydroxylation sites is 2. The van der Waals surface area contributed by atoms with E-state index in [1.807, 2.05) is 0 Å². The third-order valence-corrected chi connectivity index (χ3v) is 9.61. The van der Waals surface area contributed by atoms with Gasteiger partial charge in [-0.15, -0.1) is 0 Å². The van der Waals surface area contributed by atoms with Gasteiger partial charge in [-0.05, 0) is 60.0 Å². The molecule has 0 atom stereocenters. The molecule has 0 saturated heterocycles. The molecule has 0 amide bonds. The summed E-state index contributed by atoms with van der Waals surface area (Å²) in [7, 11) is 0. The Kier molecular flexibility index (Phi) is 5.68. The summed E-state index contributed by atoms with van der Waals surface area (Å²) in [5.41, 5.74) is 12.8. The number of rotatable bonds is 5. The highest BCUT2D eigenvalue weighted by atomic mass is 32.1. The van der Waals surface area contributed by atoms with Gasteiger partial charge in [0.25, 0.3) is 0 Å². The highest BCUT2D eigenvalue weighted by Crippen LogP contribution is 2.39. The lowest BCUT2D eigenvalue weighted by molar-refractivity contribution is 0.827. The second-order valence-corrected chi connectivity index (χ2v) is 12.0. The first kappa shape index (κ1) is 25.3. The van der Waals surface area contributed by atoms with Gasteiger partial charge in [-0.2, -0.15) is 8.75 Å². The van der Waals surface area contributed by atoms with Crippen molar-refractivity contribution < 1.29 is 0 Å². The fourth-order valence-electron chi connectivity index (χ4n) is 7.05. The second-order valence-electron chi connectivity index (χ2n) is 11.4. The van der Waals surface area contributed by atoms with E-state index in [1.54, 1.807) is 0 Å². The molecule has 0 N–H and O–H groups in total. The highest BCUT2D eigenvalue weighted by molar-refractivity contribution is 7.00. The Morgan fingerprint density at radius 2 is 1.00 bits per heavy atom. The van der Waals surface area contributed by atoms with Crippen LogP contribution in [-0.2, 0) is 13.1 Å². The molecule has 5 heteroatoms. The predicted octanol–water partition coefficient (Wildman–Crippen LogP) is 10.3. The molecule has 4 nitrogen and oxygen atoms in total. The number of nitrogens with zero attached hydrogens (tertiary/aromatic N) is 4. The SMILES string of the molecule is CCn1c2ccccc2c2cc(-c3ccc(-c4ccc5c(c4)c4ccccc4n5Cc4ccccc4)c4nsnc34)ccc21. The summed E-state index contributed by atoms with van der Waals surface area (Å²) >= 11 is 1.29. The third-order valence-electron chi connectivity index (χ3n) is 9.08. The Morgan fingerprint density at radius 1 is 0.500 bits per heavy atom. The number of aryl methyl sites for hydroxylation is 1. The number of hydrogen-bond donors (Lipinski definition) is 0. The molecule has 3 heterocycles. The standard InChI is InChI=1S/C39H28N4S/c1-2-42-34-14-8-6-12-30(34)32-22-26(16-20-36(32)42)28-18-19-29(39-38(28)40-44-41-39)27-17-21-37-33(23-27)31-13-7-9-15-35(31)43(37)24-25-10-4-3-5-11-25/h3-23H,2,24H2,1H3. The summed E-state index contributed by atoms with van der Waals surface area (Å²) < 4.78 is 14.5. The van der Waals surface area contributed by atoms with E-state index in [-0.39, 0.29) is 0 Å². The van der Waals surface area contributed by atoms with E-state index in [0.29, 0.717) is 0 Å². The van der Waals surface area contributed by atoms with Crippen molar-refractivity contribution in [1.82, 2.24) is 17.9 Å². The maximum atomic E-state index is 4.84. The zero-order valence-electron chi connectivity index (χ0n) is 24.2. The van der Waals surface area contributed by atoms with Crippen LogP contribution in [-0.4, -0.2) is 17.9 Å². The molecule has 0 aliphatic rings. The van der Waals surface area contributed by atoms with Crippen LogP contribution < -0.4 is 0 Å². The van der Waals surface area contributed by atoms with Crippen molar-refractivity contribution in [3.63, 3.8) is 0 Å². The van der Waals surface area contributed by atoms with E-state index in [0.717, 1.165) is 40.8 Å². The average molecular weight is 585 g/mol. The first-order valence-electron chi connectivity index (χ1n) is 15.1. The third kappa shape index (κ3) is 3.76. The zero-order valence-corrected chi connectivity index (χ0v) is 25.1. The fourth-order valence-corrected chi connectivity index (χ4v) is 7.63. The van der Waals surface area contributed by atoms with Gasteiger partial charge in [0.2, 0.25) is 0 Å². The van der Waals surface area contributed by atoms with Crippen LogP contribution in [0.5, 0.6) is 0 Å². The minimum Gasteiger partial charge on any atom is -0.341 e. The molecule has 6 aromatic carbocycles. The summed E-state index contributed by atoms with van der Waals surface area (Å²) in [6.07, 6.45) is 0. The molecular formula is C39H28N4S.